The SMILES string of the molecule is CC1CC(NC2CCCCC2)CN(CC2CCCCC2)C1. The van der Waals surface area contributed by atoms with Crippen molar-refractivity contribution in [2.45, 2.75) is 89.6 Å². The lowest BCUT2D eigenvalue weighted by Gasteiger charge is -2.41. The number of likely N-dealkylation sites (tertiary alicyclic amines) is 1. The fourth-order valence-corrected chi connectivity index (χ4v) is 5.07. The molecule has 0 aromatic rings. The van der Waals surface area contributed by atoms with E-state index >= 15 is 0 Å². The third-order valence-electron chi connectivity index (χ3n) is 6.05. The molecule has 2 atom stereocenters. The number of hydrogen-bond donors (Lipinski definition) is 1. The van der Waals surface area contributed by atoms with E-state index in [1.165, 1.54) is 90.3 Å². The predicted molar refractivity (Wildman–Crippen MR) is 90.6 cm³/mol. The maximum atomic E-state index is 4.01. The van der Waals surface area contributed by atoms with Gasteiger partial charge in [0.05, 0.1) is 0 Å². The van der Waals surface area contributed by atoms with Crippen LogP contribution in [-0.4, -0.2) is 36.6 Å². The van der Waals surface area contributed by atoms with Crippen LogP contribution in [0.5, 0.6) is 0 Å². The Labute approximate surface area is 132 Å². The number of nitrogens with zero attached hydrogens (tertiary/aromatic N) is 1. The van der Waals surface area contributed by atoms with E-state index in [-0.39, 0.29) is 0 Å². The van der Waals surface area contributed by atoms with Gasteiger partial charge in [-0.25, -0.2) is 0 Å². The zero-order valence-corrected chi connectivity index (χ0v) is 14.2. The van der Waals surface area contributed by atoms with Crippen molar-refractivity contribution in [2.24, 2.45) is 11.8 Å². The van der Waals surface area contributed by atoms with Crippen LogP contribution >= 0.6 is 0 Å². The standard InChI is InChI=1S/C19H36N2/c1-16-12-19(20-18-10-6-3-7-11-18)15-21(13-16)14-17-8-4-2-5-9-17/h16-20H,2-15H2,1H3. The van der Waals surface area contributed by atoms with E-state index in [2.05, 4.69) is 17.1 Å². The first-order chi connectivity index (χ1) is 10.3. The molecular formula is C19H36N2. The summed E-state index contributed by atoms with van der Waals surface area (Å²) in [5.41, 5.74) is 0. The molecule has 2 heteroatoms. The highest BCUT2D eigenvalue weighted by molar-refractivity contribution is 4.86. The zero-order valence-electron chi connectivity index (χ0n) is 14.2. The Kier molecular flexibility index (Phi) is 5.99. The van der Waals surface area contributed by atoms with Crippen LogP contribution in [0.15, 0.2) is 0 Å². The third kappa shape index (κ3) is 4.96. The second-order valence-corrected chi connectivity index (χ2v) is 8.26. The van der Waals surface area contributed by atoms with Crippen LogP contribution in [-0.2, 0) is 0 Å². The van der Waals surface area contributed by atoms with Crippen molar-refractivity contribution < 1.29 is 0 Å². The number of piperidine rings is 1. The minimum atomic E-state index is 0.764. The minimum Gasteiger partial charge on any atom is -0.310 e. The lowest BCUT2D eigenvalue weighted by Crippen LogP contribution is -2.52. The fourth-order valence-electron chi connectivity index (χ4n) is 5.07. The molecule has 3 rings (SSSR count). The van der Waals surface area contributed by atoms with Gasteiger partial charge in [0.15, 0.2) is 0 Å². The molecule has 2 nitrogen and oxygen atoms in total. The Hall–Kier alpha value is -0.0800. The first-order valence-corrected chi connectivity index (χ1v) is 9.78. The molecule has 1 saturated heterocycles. The quantitative estimate of drug-likeness (QED) is 0.835. The second kappa shape index (κ2) is 7.97. The second-order valence-electron chi connectivity index (χ2n) is 8.26. The van der Waals surface area contributed by atoms with Crippen LogP contribution in [0.2, 0.25) is 0 Å². The van der Waals surface area contributed by atoms with Crippen LogP contribution in [0.3, 0.4) is 0 Å². The van der Waals surface area contributed by atoms with E-state index in [1.54, 1.807) is 0 Å². The molecule has 0 radical (unpaired) electrons. The molecule has 1 N–H and O–H groups in total. The van der Waals surface area contributed by atoms with Crippen LogP contribution in [0.1, 0.15) is 77.6 Å². The fraction of sp³-hybridized carbons (Fsp3) is 1.00. The number of hydrogen-bond acceptors (Lipinski definition) is 2. The van der Waals surface area contributed by atoms with Gasteiger partial charge < -0.3 is 10.2 Å². The molecule has 3 fully saturated rings. The van der Waals surface area contributed by atoms with Crippen molar-refractivity contribution in [2.75, 3.05) is 19.6 Å². The first kappa shape index (κ1) is 15.8. The van der Waals surface area contributed by atoms with Crippen molar-refractivity contribution in [1.82, 2.24) is 10.2 Å². The molecule has 2 unspecified atom stereocenters. The molecule has 0 bridgehead atoms. The van der Waals surface area contributed by atoms with Crippen molar-refractivity contribution >= 4 is 0 Å². The van der Waals surface area contributed by atoms with Crippen LogP contribution < -0.4 is 5.32 Å². The highest BCUT2D eigenvalue weighted by atomic mass is 15.2. The van der Waals surface area contributed by atoms with Gasteiger partial charge in [-0.15, -0.1) is 0 Å². The first-order valence-electron chi connectivity index (χ1n) is 9.78. The summed E-state index contributed by atoms with van der Waals surface area (Å²) in [6.07, 6.45) is 16.1. The van der Waals surface area contributed by atoms with E-state index in [9.17, 15) is 0 Å². The summed E-state index contributed by atoms with van der Waals surface area (Å²) in [5, 5.41) is 4.01. The van der Waals surface area contributed by atoms with Crippen LogP contribution in [0.25, 0.3) is 0 Å². The Morgan fingerprint density at radius 3 is 2.19 bits per heavy atom. The van der Waals surface area contributed by atoms with E-state index in [4.69, 9.17) is 0 Å². The average Bonchev–Trinajstić information content (AvgIpc) is 2.48. The number of rotatable bonds is 4. The molecule has 1 aliphatic heterocycles. The van der Waals surface area contributed by atoms with Gasteiger partial charge in [-0.05, 0) is 43.9 Å². The lowest BCUT2D eigenvalue weighted by molar-refractivity contribution is 0.111. The van der Waals surface area contributed by atoms with Crippen molar-refractivity contribution in [3.8, 4) is 0 Å². The Bertz CT molecular complexity index is 264. The van der Waals surface area contributed by atoms with Gasteiger partial charge in [0.2, 0.25) is 0 Å². The van der Waals surface area contributed by atoms with Gasteiger partial charge in [0.25, 0.3) is 0 Å². The maximum absolute atomic E-state index is 4.01. The van der Waals surface area contributed by atoms with Gasteiger partial charge in [-0.2, -0.15) is 0 Å². The van der Waals surface area contributed by atoms with Gasteiger partial charge in [0.1, 0.15) is 0 Å². The summed E-state index contributed by atoms with van der Waals surface area (Å²) < 4.78 is 0. The summed E-state index contributed by atoms with van der Waals surface area (Å²) in [5.74, 6) is 1.88. The molecule has 21 heavy (non-hydrogen) atoms. The van der Waals surface area contributed by atoms with Crippen LogP contribution in [0.4, 0.5) is 0 Å². The molecule has 3 aliphatic rings. The molecule has 0 aromatic carbocycles. The Morgan fingerprint density at radius 1 is 0.810 bits per heavy atom. The molecule has 0 spiro atoms. The van der Waals surface area contributed by atoms with Gasteiger partial charge in [-0.3, -0.25) is 0 Å². The third-order valence-corrected chi connectivity index (χ3v) is 6.05. The van der Waals surface area contributed by atoms with Crippen LogP contribution in [0, 0.1) is 11.8 Å². The normalized spacial score (nSPS) is 34.1. The topological polar surface area (TPSA) is 15.3 Å². The van der Waals surface area contributed by atoms with E-state index in [1.807, 2.05) is 0 Å². The smallest absolute Gasteiger partial charge is 0.0200 e. The summed E-state index contributed by atoms with van der Waals surface area (Å²) in [6, 6.07) is 1.59. The van der Waals surface area contributed by atoms with Gasteiger partial charge >= 0.3 is 0 Å². The van der Waals surface area contributed by atoms with E-state index in [0.717, 1.165) is 23.9 Å². The molecule has 0 amide bonds. The highest BCUT2D eigenvalue weighted by Gasteiger charge is 2.28. The predicted octanol–water partition coefficient (Wildman–Crippen LogP) is 4.20. The van der Waals surface area contributed by atoms with Crippen molar-refractivity contribution in [1.29, 1.82) is 0 Å². The molecule has 0 aromatic heterocycles. The molecule has 1 heterocycles. The summed E-state index contributed by atoms with van der Waals surface area (Å²) in [6.45, 7) is 6.51. The summed E-state index contributed by atoms with van der Waals surface area (Å²) in [7, 11) is 0. The summed E-state index contributed by atoms with van der Waals surface area (Å²) >= 11 is 0. The zero-order chi connectivity index (χ0) is 14.5. The van der Waals surface area contributed by atoms with Gasteiger partial charge in [-0.1, -0.05) is 45.4 Å². The molecule has 122 valence electrons. The Balaban J connectivity index is 1.46. The van der Waals surface area contributed by atoms with Gasteiger partial charge in [0, 0.05) is 31.7 Å². The van der Waals surface area contributed by atoms with E-state index < -0.39 is 0 Å². The molecule has 2 aliphatic carbocycles. The largest absolute Gasteiger partial charge is 0.310 e. The summed E-state index contributed by atoms with van der Waals surface area (Å²) in [4.78, 5) is 2.80. The monoisotopic (exact) mass is 292 g/mol. The molecule has 2 saturated carbocycles. The minimum absolute atomic E-state index is 0.764. The highest BCUT2D eigenvalue weighted by Crippen LogP contribution is 2.27. The Morgan fingerprint density at radius 2 is 1.48 bits per heavy atom. The van der Waals surface area contributed by atoms with Crippen molar-refractivity contribution in [3.05, 3.63) is 0 Å². The van der Waals surface area contributed by atoms with E-state index in [0.29, 0.717) is 0 Å². The van der Waals surface area contributed by atoms with Crippen molar-refractivity contribution in [3.63, 3.8) is 0 Å². The maximum Gasteiger partial charge on any atom is 0.0200 e. The average molecular weight is 293 g/mol. The lowest BCUT2D eigenvalue weighted by atomic mass is 9.87. The number of nitrogens with one attached hydrogen (secondary N) is 1. The molecular weight excluding hydrogens is 256 g/mol.